The van der Waals surface area contributed by atoms with Crippen molar-refractivity contribution in [2.45, 2.75) is 6.92 Å². The van der Waals surface area contributed by atoms with E-state index in [1.54, 1.807) is 12.3 Å². The Morgan fingerprint density at radius 3 is 2.83 bits per heavy atom. The van der Waals surface area contributed by atoms with E-state index in [9.17, 15) is 4.79 Å². The minimum atomic E-state index is -0.367. The van der Waals surface area contributed by atoms with Gasteiger partial charge >= 0.3 is 5.97 Å². The van der Waals surface area contributed by atoms with E-state index < -0.39 is 0 Å². The van der Waals surface area contributed by atoms with E-state index in [0.29, 0.717) is 12.3 Å². The number of benzene rings is 1. The van der Waals surface area contributed by atoms with E-state index in [-0.39, 0.29) is 5.97 Å². The SMILES string of the molecule is CCOC(=O)c1csc(C=Cc2ccccc2)n1. The van der Waals surface area contributed by atoms with Crippen LogP contribution in [-0.4, -0.2) is 17.6 Å². The molecule has 1 aromatic heterocycles. The minimum Gasteiger partial charge on any atom is -0.461 e. The van der Waals surface area contributed by atoms with Crippen LogP contribution < -0.4 is 0 Å². The quantitative estimate of drug-likeness (QED) is 0.789. The van der Waals surface area contributed by atoms with E-state index in [0.717, 1.165) is 10.6 Å². The van der Waals surface area contributed by atoms with E-state index in [1.165, 1.54) is 11.3 Å². The predicted octanol–water partition coefficient (Wildman–Crippen LogP) is 3.49. The first-order valence-electron chi connectivity index (χ1n) is 5.65. The van der Waals surface area contributed by atoms with Crippen LogP contribution in [0.3, 0.4) is 0 Å². The summed E-state index contributed by atoms with van der Waals surface area (Å²) in [5.41, 5.74) is 1.47. The van der Waals surface area contributed by atoms with Gasteiger partial charge in [0, 0.05) is 5.38 Å². The first-order valence-corrected chi connectivity index (χ1v) is 6.53. The highest BCUT2D eigenvalue weighted by molar-refractivity contribution is 7.10. The number of esters is 1. The van der Waals surface area contributed by atoms with Crippen molar-refractivity contribution in [3.05, 3.63) is 52.0 Å². The lowest BCUT2D eigenvalue weighted by molar-refractivity contribution is 0.0520. The van der Waals surface area contributed by atoms with Gasteiger partial charge in [0.05, 0.1) is 6.61 Å². The van der Waals surface area contributed by atoms with Gasteiger partial charge in [-0.15, -0.1) is 11.3 Å². The molecule has 4 heteroatoms. The molecule has 1 aromatic carbocycles. The largest absolute Gasteiger partial charge is 0.461 e. The fourth-order valence-corrected chi connectivity index (χ4v) is 2.07. The van der Waals surface area contributed by atoms with Crippen molar-refractivity contribution >= 4 is 29.5 Å². The lowest BCUT2D eigenvalue weighted by atomic mass is 10.2. The molecule has 0 unspecified atom stereocenters. The third-order valence-corrected chi connectivity index (χ3v) is 3.03. The molecule has 0 aliphatic carbocycles. The number of hydrogen-bond donors (Lipinski definition) is 0. The van der Waals surface area contributed by atoms with Gasteiger partial charge in [-0.1, -0.05) is 36.4 Å². The monoisotopic (exact) mass is 259 g/mol. The number of carbonyl (C=O) groups excluding carboxylic acids is 1. The molecule has 0 spiro atoms. The Balaban J connectivity index is 2.07. The molecular weight excluding hydrogens is 246 g/mol. The van der Waals surface area contributed by atoms with Crippen molar-refractivity contribution in [1.29, 1.82) is 0 Å². The van der Waals surface area contributed by atoms with Gasteiger partial charge in [-0.3, -0.25) is 0 Å². The van der Waals surface area contributed by atoms with Crippen LogP contribution in [0.5, 0.6) is 0 Å². The number of ether oxygens (including phenoxy) is 1. The normalized spacial score (nSPS) is 10.7. The zero-order valence-corrected chi connectivity index (χ0v) is 10.8. The van der Waals surface area contributed by atoms with Crippen LogP contribution in [0.25, 0.3) is 12.2 Å². The van der Waals surface area contributed by atoms with Crippen molar-refractivity contribution in [2.75, 3.05) is 6.61 Å². The summed E-state index contributed by atoms with van der Waals surface area (Å²) in [6.07, 6.45) is 3.86. The number of hydrogen-bond acceptors (Lipinski definition) is 4. The van der Waals surface area contributed by atoms with Gasteiger partial charge in [-0.2, -0.15) is 0 Å². The summed E-state index contributed by atoms with van der Waals surface area (Å²) in [4.78, 5) is 15.6. The van der Waals surface area contributed by atoms with Gasteiger partial charge in [-0.25, -0.2) is 9.78 Å². The third-order valence-electron chi connectivity index (χ3n) is 2.22. The Kier molecular flexibility index (Phi) is 4.25. The second-order valence-electron chi connectivity index (χ2n) is 3.54. The first kappa shape index (κ1) is 12.5. The topological polar surface area (TPSA) is 39.2 Å². The molecule has 18 heavy (non-hydrogen) atoms. The summed E-state index contributed by atoms with van der Waals surface area (Å²) in [6.45, 7) is 2.14. The van der Waals surface area contributed by atoms with E-state index in [4.69, 9.17) is 4.74 Å². The van der Waals surface area contributed by atoms with Gasteiger partial charge in [0.15, 0.2) is 5.69 Å². The molecule has 2 aromatic rings. The van der Waals surface area contributed by atoms with Gasteiger partial charge in [0.25, 0.3) is 0 Å². The molecular formula is C14H13NO2S. The van der Waals surface area contributed by atoms with Crippen molar-refractivity contribution in [3.8, 4) is 0 Å². The van der Waals surface area contributed by atoms with Crippen molar-refractivity contribution in [1.82, 2.24) is 4.98 Å². The lowest BCUT2D eigenvalue weighted by Gasteiger charge is -1.95. The fraction of sp³-hybridized carbons (Fsp3) is 0.143. The Morgan fingerprint density at radius 2 is 2.11 bits per heavy atom. The first-order chi connectivity index (χ1) is 8.79. The molecule has 0 atom stereocenters. The maximum atomic E-state index is 11.4. The molecule has 0 radical (unpaired) electrons. The molecule has 1 heterocycles. The smallest absolute Gasteiger partial charge is 0.357 e. The molecule has 3 nitrogen and oxygen atoms in total. The highest BCUT2D eigenvalue weighted by Crippen LogP contribution is 2.14. The second-order valence-corrected chi connectivity index (χ2v) is 4.43. The number of nitrogens with zero attached hydrogens (tertiary/aromatic N) is 1. The summed E-state index contributed by atoms with van der Waals surface area (Å²) >= 11 is 1.42. The highest BCUT2D eigenvalue weighted by atomic mass is 32.1. The average molecular weight is 259 g/mol. The molecule has 0 aliphatic heterocycles. The van der Waals surface area contributed by atoms with Gasteiger partial charge in [0.1, 0.15) is 5.01 Å². The minimum absolute atomic E-state index is 0.367. The van der Waals surface area contributed by atoms with E-state index >= 15 is 0 Å². The average Bonchev–Trinajstić information content (AvgIpc) is 2.87. The fourth-order valence-electron chi connectivity index (χ4n) is 1.39. The Morgan fingerprint density at radius 1 is 1.33 bits per heavy atom. The molecule has 0 bridgehead atoms. The van der Waals surface area contributed by atoms with Gasteiger partial charge in [0.2, 0.25) is 0 Å². The van der Waals surface area contributed by atoms with Crippen LogP contribution in [-0.2, 0) is 4.74 Å². The summed E-state index contributed by atoms with van der Waals surface area (Å²) in [5.74, 6) is -0.367. The summed E-state index contributed by atoms with van der Waals surface area (Å²) in [6, 6.07) is 9.95. The molecule has 0 N–H and O–H groups in total. The highest BCUT2D eigenvalue weighted by Gasteiger charge is 2.09. The maximum Gasteiger partial charge on any atom is 0.357 e. The van der Waals surface area contributed by atoms with Crippen LogP contribution in [0.15, 0.2) is 35.7 Å². The van der Waals surface area contributed by atoms with Crippen molar-refractivity contribution in [3.63, 3.8) is 0 Å². The Bertz CT molecular complexity index is 546. The zero-order valence-electron chi connectivity index (χ0n) is 10.00. The zero-order chi connectivity index (χ0) is 12.8. The number of thiazole rings is 1. The molecule has 92 valence electrons. The summed E-state index contributed by atoms with van der Waals surface area (Å²) in [7, 11) is 0. The predicted molar refractivity (Wildman–Crippen MR) is 73.4 cm³/mol. The summed E-state index contributed by atoms with van der Waals surface area (Å²) < 4.78 is 4.89. The summed E-state index contributed by atoms with van der Waals surface area (Å²) in [5, 5.41) is 2.50. The van der Waals surface area contributed by atoms with Gasteiger partial charge in [-0.05, 0) is 18.6 Å². The van der Waals surface area contributed by atoms with Crippen molar-refractivity contribution in [2.24, 2.45) is 0 Å². The molecule has 0 fully saturated rings. The van der Waals surface area contributed by atoms with Crippen LogP contribution in [0.2, 0.25) is 0 Å². The molecule has 0 amide bonds. The van der Waals surface area contributed by atoms with Crippen LogP contribution in [0.1, 0.15) is 28.0 Å². The Hall–Kier alpha value is -1.94. The van der Waals surface area contributed by atoms with Crippen LogP contribution in [0, 0.1) is 0 Å². The van der Waals surface area contributed by atoms with E-state index in [1.807, 2.05) is 42.5 Å². The molecule has 2 rings (SSSR count). The van der Waals surface area contributed by atoms with Crippen molar-refractivity contribution < 1.29 is 9.53 Å². The standard InChI is InChI=1S/C14H13NO2S/c1-2-17-14(16)12-10-18-13(15-12)9-8-11-6-4-3-5-7-11/h3-10H,2H2,1H3. The molecule has 0 saturated heterocycles. The van der Waals surface area contributed by atoms with Crippen LogP contribution >= 0.6 is 11.3 Å². The van der Waals surface area contributed by atoms with E-state index in [2.05, 4.69) is 4.98 Å². The molecule has 0 saturated carbocycles. The second kappa shape index (κ2) is 6.12. The number of carbonyl (C=O) groups is 1. The third kappa shape index (κ3) is 3.28. The molecule has 0 aliphatic rings. The van der Waals surface area contributed by atoms with Crippen LogP contribution in [0.4, 0.5) is 0 Å². The lowest BCUT2D eigenvalue weighted by Crippen LogP contribution is -2.04. The van der Waals surface area contributed by atoms with Gasteiger partial charge < -0.3 is 4.74 Å². The number of aromatic nitrogens is 1. The number of rotatable bonds is 4. The Labute approximate surface area is 110 Å². The maximum absolute atomic E-state index is 11.4.